The molecule has 11 heteroatoms. The molecule has 5 rings (SSSR count). The van der Waals surface area contributed by atoms with E-state index in [1.165, 1.54) is 26.4 Å². The van der Waals surface area contributed by atoms with Crippen molar-refractivity contribution < 1.29 is 23.1 Å². The van der Waals surface area contributed by atoms with Gasteiger partial charge in [-0.2, -0.15) is 10.1 Å². The molecule has 1 saturated heterocycles. The Hall–Kier alpha value is -4.41. The number of carbonyl (C=O) groups is 1. The molecule has 202 valence electrons. The lowest BCUT2D eigenvalue weighted by Gasteiger charge is -2.26. The zero-order chi connectivity index (χ0) is 27.8. The Morgan fingerprint density at radius 3 is 2.51 bits per heavy atom. The van der Waals surface area contributed by atoms with E-state index < -0.39 is 40.6 Å². The number of hydrogen-bond donors (Lipinski definition) is 1. The minimum atomic E-state index is -0.956. The van der Waals surface area contributed by atoms with Crippen LogP contribution < -0.4 is 5.56 Å². The number of aromatic nitrogens is 4. The lowest BCUT2D eigenvalue weighted by Crippen LogP contribution is -2.35. The van der Waals surface area contributed by atoms with Crippen LogP contribution in [0.5, 0.6) is 5.88 Å². The van der Waals surface area contributed by atoms with Crippen LogP contribution in [0.3, 0.4) is 0 Å². The van der Waals surface area contributed by atoms with Gasteiger partial charge in [0.05, 0.1) is 17.8 Å². The number of rotatable bonds is 6. The van der Waals surface area contributed by atoms with Crippen LogP contribution in [0, 0.1) is 17.5 Å². The molecule has 1 aliphatic heterocycles. The van der Waals surface area contributed by atoms with E-state index in [1.807, 2.05) is 0 Å². The highest BCUT2D eigenvalue weighted by Gasteiger charge is 2.35. The molecule has 2 aromatic carbocycles. The molecule has 2 atom stereocenters. The summed E-state index contributed by atoms with van der Waals surface area (Å²) in [5.74, 6) is -3.72. The highest BCUT2D eigenvalue weighted by molar-refractivity contribution is 5.96. The summed E-state index contributed by atoms with van der Waals surface area (Å²) in [6.45, 7) is 2.13. The molecule has 8 nitrogen and oxygen atoms in total. The summed E-state index contributed by atoms with van der Waals surface area (Å²) in [4.78, 5) is 32.3. The first-order valence-corrected chi connectivity index (χ1v) is 12.5. The third kappa shape index (κ3) is 4.91. The average Bonchev–Trinajstić information content (AvgIpc) is 3.55. The van der Waals surface area contributed by atoms with Crippen molar-refractivity contribution in [2.24, 2.45) is 7.05 Å². The van der Waals surface area contributed by atoms with Gasteiger partial charge >= 0.3 is 0 Å². The first kappa shape index (κ1) is 26.2. The maximum atomic E-state index is 14.4. The quantitative estimate of drug-likeness (QED) is 0.394. The maximum absolute atomic E-state index is 14.4. The number of nitrogens with zero attached hydrogens (tertiary/aromatic N) is 5. The standard InChI is InChI=1S/C28H26F3N5O3/c1-3-23(17-10-19(29)12-20(30)11-17)36-25(18-13-32-34(2)14-18)33-26(37)24(28(36)39)27(38)35-9-8-16(15-35)21-6-4-5-7-22(21)31/h4-7,10-14,16,23,39H,3,8-9,15H2,1-2H3. The molecule has 3 heterocycles. The molecule has 2 unspecified atom stereocenters. The lowest BCUT2D eigenvalue weighted by atomic mass is 9.98. The molecule has 0 radical (unpaired) electrons. The van der Waals surface area contributed by atoms with Crippen LogP contribution in [0.2, 0.25) is 0 Å². The van der Waals surface area contributed by atoms with Crippen LogP contribution in [-0.4, -0.2) is 48.3 Å². The van der Waals surface area contributed by atoms with Crippen molar-refractivity contribution in [1.82, 2.24) is 24.2 Å². The van der Waals surface area contributed by atoms with Crippen molar-refractivity contribution in [2.45, 2.75) is 31.7 Å². The van der Waals surface area contributed by atoms with Crippen molar-refractivity contribution >= 4 is 5.91 Å². The normalized spacial score (nSPS) is 16.0. The van der Waals surface area contributed by atoms with E-state index in [0.29, 0.717) is 17.5 Å². The molecule has 0 spiro atoms. The highest BCUT2D eigenvalue weighted by Crippen LogP contribution is 2.35. The Morgan fingerprint density at radius 1 is 1.15 bits per heavy atom. The fourth-order valence-electron chi connectivity index (χ4n) is 5.24. The summed E-state index contributed by atoms with van der Waals surface area (Å²) in [5.41, 5.74) is -0.506. The van der Waals surface area contributed by atoms with Gasteiger partial charge in [0, 0.05) is 38.3 Å². The number of aromatic hydroxyl groups is 1. The van der Waals surface area contributed by atoms with Crippen LogP contribution in [0.15, 0.2) is 59.7 Å². The summed E-state index contributed by atoms with van der Waals surface area (Å²) in [7, 11) is 1.66. The molecule has 0 bridgehead atoms. The third-order valence-corrected chi connectivity index (χ3v) is 7.07. The number of aryl methyl sites for hydroxylation is 1. The van der Waals surface area contributed by atoms with E-state index >= 15 is 0 Å². The summed E-state index contributed by atoms with van der Waals surface area (Å²) >= 11 is 0. The predicted molar refractivity (Wildman–Crippen MR) is 137 cm³/mol. The maximum Gasteiger partial charge on any atom is 0.290 e. The topological polar surface area (TPSA) is 93.2 Å². The largest absolute Gasteiger partial charge is 0.494 e. The number of benzene rings is 2. The van der Waals surface area contributed by atoms with Crippen molar-refractivity contribution in [1.29, 1.82) is 0 Å². The monoisotopic (exact) mass is 537 g/mol. The lowest BCUT2D eigenvalue weighted by molar-refractivity contribution is 0.0783. The summed E-state index contributed by atoms with van der Waals surface area (Å²) in [6.07, 6.45) is 3.71. The van der Waals surface area contributed by atoms with Crippen LogP contribution in [0.4, 0.5) is 13.2 Å². The summed E-state index contributed by atoms with van der Waals surface area (Å²) < 4.78 is 45.4. The van der Waals surface area contributed by atoms with E-state index in [-0.39, 0.29) is 42.6 Å². The van der Waals surface area contributed by atoms with Gasteiger partial charge < -0.3 is 10.0 Å². The second kappa shape index (κ2) is 10.4. The molecular weight excluding hydrogens is 511 g/mol. The number of amides is 1. The van der Waals surface area contributed by atoms with E-state index in [2.05, 4.69) is 10.1 Å². The molecule has 1 amide bonds. The number of carbonyl (C=O) groups excluding carboxylic acids is 1. The van der Waals surface area contributed by atoms with Gasteiger partial charge in [0.2, 0.25) is 5.88 Å². The molecule has 1 fully saturated rings. The highest BCUT2D eigenvalue weighted by atomic mass is 19.1. The van der Waals surface area contributed by atoms with Crippen LogP contribution in [-0.2, 0) is 7.05 Å². The fourth-order valence-corrected chi connectivity index (χ4v) is 5.24. The van der Waals surface area contributed by atoms with E-state index in [1.54, 1.807) is 38.4 Å². The molecular formula is C28H26F3N5O3. The Morgan fingerprint density at radius 2 is 1.87 bits per heavy atom. The van der Waals surface area contributed by atoms with E-state index in [0.717, 1.165) is 18.2 Å². The molecule has 0 saturated carbocycles. The predicted octanol–water partition coefficient (Wildman–Crippen LogP) is 4.40. The Balaban J connectivity index is 1.61. The van der Waals surface area contributed by atoms with Crippen molar-refractivity contribution in [3.63, 3.8) is 0 Å². The van der Waals surface area contributed by atoms with Crippen LogP contribution in [0.25, 0.3) is 11.4 Å². The van der Waals surface area contributed by atoms with Crippen molar-refractivity contribution in [2.75, 3.05) is 13.1 Å². The van der Waals surface area contributed by atoms with Gasteiger partial charge in [-0.15, -0.1) is 0 Å². The Bertz CT molecular complexity index is 1600. The average molecular weight is 538 g/mol. The second-order valence-corrected chi connectivity index (χ2v) is 9.60. The van der Waals surface area contributed by atoms with Gasteiger partial charge in [0.25, 0.3) is 11.5 Å². The molecule has 4 aromatic rings. The Kier molecular flexibility index (Phi) is 6.98. The molecule has 1 N–H and O–H groups in total. The SMILES string of the molecule is CCC(c1cc(F)cc(F)c1)n1c(-c2cnn(C)c2)nc(=O)c(C(=O)N2CCC(c3ccccc3F)C2)c1O. The minimum Gasteiger partial charge on any atom is -0.494 e. The van der Waals surface area contributed by atoms with Crippen molar-refractivity contribution in [3.05, 3.63) is 99.4 Å². The van der Waals surface area contributed by atoms with Gasteiger partial charge in [-0.05, 0) is 42.2 Å². The molecule has 39 heavy (non-hydrogen) atoms. The minimum absolute atomic E-state index is 0.00988. The molecule has 2 aromatic heterocycles. The van der Waals surface area contributed by atoms with Gasteiger partial charge in [-0.3, -0.25) is 18.8 Å². The fraction of sp³-hybridized carbons (Fsp3) is 0.286. The van der Waals surface area contributed by atoms with Crippen LogP contribution in [0.1, 0.15) is 53.2 Å². The van der Waals surface area contributed by atoms with Crippen LogP contribution >= 0.6 is 0 Å². The first-order valence-electron chi connectivity index (χ1n) is 12.5. The third-order valence-electron chi connectivity index (χ3n) is 7.07. The summed E-state index contributed by atoms with van der Waals surface area (Å²) in [5, 5.41) is 15.6. The van der Waals surface area contributed by atoms with E-state index in [9.17, 15) is 27.9 Å². The first-order chi connectivity index (χ1) is 18.7. The number of hydrogen-bond acceptors (Lipinski definition) is 5. The van der Waals surface area contributed by atoms with Gasteiger partial charge in [0.15, 0.2) is 11.4 Å². The van der Waals surface area contributed by atoms with Crippen molar-refractivity contribution in [3.8, 4) is 17.3 Å². The Labute approximate surface area is 222 Å². The summed E-state index contributed by atoms with van der Waals surface area (Å²) in [6, 6.07) is 8.42. The smallest absolute Gasteiger partial charge is 0.290 e. The molecule has 1 aliphatic rings. The zero-order valence-corrected chi connectivity index (χ0v) is 21.3. The number of likely N-dealkylation sites (tertiary alicyclic amines) is 1. The molecule has 0 aliphatic carbocycles. The van der Waals surface area contributed by atoms with Gasteiger partial charge in [-0.25, -0.2) is 13.2 Å². The number of halogens is 3. The van der Waals surface area contributed by atoms with Gasteiger partial charge in [0.1, 0.15) is 17.5 Å². The van der Waals surface area contributed by atoms with E-state index in [4.69, 9.17) is 0 Å². The van der Waals surface area contributed by atoms with Gasteiger partial charge in [-0.1, -0.05) is 25.1 Å². The second-order valence-electron chi connectivity index (χ2n) is 9.60. The zero-order valence-electron chi connectivity index (χ0n) is 21.3.